The van der Waals surface area contributed by atoms with E-state index in [0.29, 0.717) is 83.7 Å². The van der Waals surface area contributed by atoms with Gasteiger partial charge in [-0.2, -0.15) is 10.2 Å². The van der Waals surface area contributed by atoms with E-state index in [0.717, 1.165) is 55.6 Å². The fourth-order valence-corrected chi connectivity index (χ4v) is 8.77. The summed E-state index contributed by atoms with van der Waals surface area (Å²) in [4.78, 5) is 13.4. The van der Waals surface area contributed by atoms with Gasteiger partial charge < -0.3 is 39.0 Å². The van der Waals surface area contributed by atoms with Crippen LogP contribution in [0.3, 0.4) is 0 Å². The van der Waals surface area contributed by atoms with Gasteiger partial charge in [0.25, 0.3) is 0 Å². The van der Waals surface area contributed by atoms with Gasteiger partial charge in [0.1, 0.15) is 49.4 Å². The lowest BCUT2D eigenvalue weighted by atomic mass is 9.92. The SMILES string of the molecule is Cc1c(COc2cc(OCc3ccc(-n4cccn4)nc3)c(CN(C)CCCO)cc2Cl)cccc1-c1cccc(COc2cc(OCc3ccc(-n4cccn4)nc3)c(CN(C)CCCO)cc2Cl)c1C. The third-order valence-corrected chi connectivity index (χ3v) is 12.9. The molecule has 374 valence electrons. The maximum atomic E-state index is 9.45. The lowest BCUT2D eigenvalue weighted by molar-refractivity contribution is 0.239. The summed E-state index contributed by atoms with van der Waals surface area (Å²) in [6.07, 6.45) is 12.0. The molecule has 0 fully saturated rings. The summed E-state index contributed by atoms with van der Waals surface area (Å²) in [7, 11) is 4.01. The van der Waals surface area contributed by atoms with E-state index in [2.05, 4.69) is 68.1 Å². The third-order valence-electron chi connectivity index (χ3n) is 12.3. The molecule has 72 heavy (non-hydrogen) atoms. The first kappa shape index (κ1) is 51.6. The van der Waals surface area contributed by atoms with E-state index in [1.807, 2.05) is 99.3 Å². The monoisotopic (exact) mass is 1010 g/mol. The molecular formula is C56H60Cl2N8O6. The Bertz CT molecular complexity index is 2790. The second-order valence-corrected chi connectivity index (χ2v) is 18.5. The molecule has 4 aromatic carbocycles. The summed E-state index contributed by atoms with van der Waals surface area (Å²) in [6, 6.07) is 31.5. The van der Waals surface area contributed by atoms with Gasteiger partial charge in [0.15, 0.2) is 11.6 Å². The van der Waals surface area contributed by atoms with Gasteiger partial charge in [0.2, 0.25) is 0 Å². The van der Waals surface area contributed by atoms with Crippen LogP contribution in [0.1, 0.15) is 57.3 Å². The van der Waals surface area contributed by atoms with Crippen LogP contribution >= 0.6 is 23.2 Å². The molecule has 0 spiro atoms. The number of nitrogens with zero attached hydrogens (tertiary/aromatic N) is 8. The Balaban J connectivity index is 0.968. The summed E-state index contributed by atoms with van der Waals surface area (Å²) in [6.45, 7) is 8.13. The first-order chi connectivity index (χ1) is 35.1. The van der Waals surface area contributed by atoms with Crippen LogP contribution in [-0.4, -0.2) is 89.9 Å². The smallest absolute Gasteiger partial charge is 0.153 e. The quantitative estimate of drug-likeness (QED) is 0.0562. The maximum absolute atomic E-state index is 9.45. The highest BCUT2D eigenvalue weighted by atomic mass is 35.5. The molecule has 0 unspecified atom stereocenters. The van der Waals surface area contributed by atoms with Crippen LogP contribution in [0.15, 0.2) is 134 Å². The Hall–Kier alpha value is -6.78. The second-order valence-electron chi connectivity index (χ2n) is 17.7. The van der Waals surface area contributed by atoms with E-state index in [1.54, 1.807) is 34.2 Å². The van der Waals surface area contributed by atoms with Crippen molar-refractivity contribution in [2.75, 3.05) is 40.4 Å². The highest BCUT2D eigenvalue weighted by Crippen LogP contribution is 2.38. The van der Waals surface area contributed by atoms with Crippen molar-refractivity contribution in [3.05, 3.63) is 189 Å². The van der Waals surface area contributed by atoms with Crippen LogP contribution in [0.5, 0.6) is 23.0 Å². The number of aliphatic hydroxyl groups excluding tert-OH is 2. The number of hydrogen-bond acceptors (Lipinski definition) is 12. The van der Waals surface area contributed by atoms with Gasteiger partial charge in [-0.25, -0.2) is 19.3 Å². The number of hydrogen-bond donors (Lipinski definition) is 2. The van der Waals surface area contributed by atoms with Crippen LogP contribution in [0.25, 0.3) is 22.8 Å². The molecule has 2 N–H and O–H groups in total. The van der Waals surface area contributed by atoms with Gasteiger partial charge in [0, 0.05) is 111 Å². The molecule has 4 heterocycles. The van der Waals surface area contributed by atoms with E-state index < -0.39 is 0 Å². The second kappa shape index (κ2) is 25.1. The molecule has 8 rings (SSSR count). The number of benzene rings is 4. The van der Waals surface area contributed by atoms with E-state index in [1.165, 1.54) is 0 Å². The summed E-state index contributed by atoms with van der Waals surface area (Å²) in [5, 5.41) is 28.4. The van der Waals surface area contributed by atoms with E-state index in [-0.39, 0.29) is 39.6 Å². The molecule has 0 aliphatic carbocycles. The van der Waals surface area contributed by atoms with Crippen molar-refractivity contribution >= 4 is 23.2 Å². The fourth-order valence-electron chi connectivity index (χ4n) is 8.29. The van der Waals surface area contributed by atoms with Crippen molar-refractivity contribution in [3.63, 3.8) is 0 Å². The Morgan fingerprint density at radius 1 is 0.514 bits per heavy atom. The highest BCUT2D eigenvalue weighted by Gasteiger charge is 2.18. The average Bonchev–Trinajstić information content (AvgIpc) is 4.14. The summed E-state index contributed by atoms with van der Waals surface area (Å²) in [5.74, 6) is 3.74. The number of halogens is 2. The predicted molar refractivity (Wildman–Crippen MR) is 280 cm³/mol. The van der Waals surface area contributed by atoms with Gasteiger partial charge in [-0.15, -0.1) is 0 Å². The van der Waals surface area contributed by atoms with Gasteiger partial charge in [-0.3, -0.25) is 0 Å². The molecule has 0 aliphatic rings. The summed E-state index contributed by atoms with van der Waals surface area (Å²) < 4.78 is 29.3. The lowest BCUT2D eigenvalue weighted by Gasteiger charge is -2.21. The Labute approximate surface area is 430 Å². The minimum Gasteiger partial charge on any atom is -0.488 e. The molecule has 14 nitrogen and oxygen atoms in total. The van der Waals surface area contributed by atoms with Crippen LogP contribution in [0.2, 0.25) is 10.0 Å². The van der Waals surface area contributed by atoms with E-state index >= 15 is 0 Å². The summed E-state index contributed by atoms with van der Waals surface area (Å²) in [5.41, 5.74) is 9.93. The first-order valence-electron chi connectivity index (χ1n) is 23.9. The molecule has 0 amide bonds. The Kier molecular flexibility index (Phi) is 17.9. The van der Waals surface area contributed by atoms with Crippen LogP contribution < -0.4 is 18.9 Å². The molecule has 0 radical (unpaired) electrons. The average molecular weight is 1010 g/mol. The molecule has 0 bridgehead atoms. The van der Waals surface area contributed by atoms with Gasteiger partial charge in [-0.05, 0) is 111 Å². The Morgan fingerprint density at radius 2 is 0.944 bits per heavy atom. The molecule has 0 aliphatic heterocycles. The predicted octanol–water partition coefficient (Wildman–Crippen LogP) is 10.4. The maximum Gasteiger partial charge on any atom is 0.153 e. The zero-order chi connectivity index (χ0) is 50.4. The minimum absolute atomic E-state index is 0.113. The molecular weight excluding hydrogens is 952 g/mol. The molecule has 16 heteroatoms. The number of pyridine rings is 2. The Morgan fingerprint density at radius 3 is 1.32 bits per heavy atom. The lowest BCUT2D eigenvalue weighted by Crippen LogP contribution is -2.20. The largest absolute Gasteiger partial charge is 0.488 e. The van der Waals surface area contributed by atoms with Crippen LogP contribution in [-0.2, 0) is 39.5 Å². The van der Waals surface area contributed by atoms with Gasteiger partial charge >= 0.3 is 0 Å². The standard InChI is InChI=1S/C56H60Cl2N8O6/c1-39-43(37-71-53-29-51(45(27-49(53)57)33-63(3)21-9-25-67)69-35-41-15-17-55(59-31-41)65-23-7-19-61-65)11-5-13-47(39)48-14-6-12-44(40(48)2)38-72-54-30-52(46(28-50(54)58)34-64(4)22-10-26-68)70-36-42-16-18-56(60-32-42)66-24-8-20-62-66/h5-8,11-20,23-24,27-32,67-68H,9-10,21-22,25-26,33-38H2,1-4H3. The summed E-state index contributed by atoms with van der Waals surface area (Å²) >= 11 is 13.9. The normalized spacial score (nSPS) is 11.4. The van der Waals surface area contributed by atoms with Crippen molar-refractivity contribution in [2.45, 2.75) is 66.2 Å². The van der Waals surface area contributed by atoms with Crippen molar-refractivity contribution in [2.24, 2.45) is 0 Å². The molecule has 0 saturated heterocycles. The molecule has 8 aromatic rings. The number of aromatic nitrogens is 6. The number of ether oxygens (including phenoxy) is 4. The van der Waals surface area contributed by atoms with Crippen LogP contribution in [0.4, 0.5) is 0 Å². The zero-order valence-electron chi connectivity index (χ0n) is 41.0. The topological polar surface area (TPSA) is 145 Å². The third kappa shape index (κ3) is 13.4. The highest BCUT2D eigenvalue weighted by molar-refractivity contribution is 6.32. The molecule has 0 atom stereocenters. The van der Waals surface area contributed by atoms with Gasteiger partial charge in [-0.1, -0.05) is 71.7 Å². The fraction of sp³-hybridized carbons (Fsp3) is 0.286. The van der Waals surface area contributed by atoms with Crippen molar-refractivity contribution in [3.8, 4) is 45.8 Å². The number of rotatable bonds is 25. The van der Waals surface area contributed by atoms with E-state index in [4.69, 9.17) is 42.1 Å². The van der Waals surface area contributed by atoms with Crippen molar-refractivity contribution in [1.82, 2.24) is 39.3 Å². The zero-order valence-corrected chi connectivity index (χ0v) is 42.6. The minimum atomic E-state index is 0.113. The van der Waals surface area contributed by atoms with Crippen LogP contribution in [0, 0.1) is 13.8 Å². The van der Waals surface area contributed by atoms with E-state index in [9.17, 15) is 10.2 Å². The van der Waals surface area contributed by atoms with Gasteiger partial charge in [0.05, 0.1) is 10.0 Å². The first-order valence-corrected chi connectivity index (χ1v) is 24.6. The molecule has 4 aromatic heterocycles. The van der Waals surface area contributed by atoms with Crippen molar-refractivity contribution < 1.29 is 29.2 Å². The molecule has 0 saturated carbocycles. The van der Waals surface area contributed by atoms with Crippen molar-refractivity contribution in [1.29, 1.82) is 0 Å². The number of aliphatic hydroxyl groups is 2.